The van der Waals surface area contributed by atoms with E-state index in [2.05, 4.69) is 5.32 Å². The molecular weight excluding hydrogens is 342 g/mol. The lowest BCUT2D eigenvalue weighted by atomic mass is 9.80. The summed E-state index contributed by atoms with van der Waals surface area (Å²) in [5, 5.41) is 2.94. The van der Waals surface area contributed by atoms with Gasteiger partial charge < -0.3 is 14.8 Å². The van der Waals surface area contributed by atoms with Gasteiger partial charge in [0.25, 0.3) is 0 Å². The van der Waals surface area contributed by atoms with Crippen molar-refractivity contribution in [3.05, 3.63) is 35.9 Å². The normalized spacial score (nSPS) is 25.1. The van der Waals surface area contributed by atoms with Gasteiger partial charge in [-0.2, -0.15) is 0 Å². The van der Waals surface area contributed by atoms with Gasteiger partial charge in [0, 0.05) is 6.04 Å². The summed E-state index contributed by atoms with van der Waals surface area (Å²) in [5.74, 6) is 0.501. The van der Waals surface area contributed by atoms with E-state index in [0.717, 1.165) is 24.8 Å². The molecule has 0 unspecified atom stereocenters. The third kappa shape index (κ3) is 5.72. The van der Waals surface area contributed by atoms with Crippen molar-refractivity contribution in [3.63, 3.8) is 0 Å². The maximum absolute atomic E-state index is 13.0. The van der Waals surface area contributed by atoms with Crippen molar-refractivity contribution >= 4 is 12.1 Å². The number of benzene rings is 1. The van der Waals surface area contributed by atoms with Crippen LogP contribution >= 0.6 is 0 Å². The average Bonchev–Trinajstić information content (AvgIpc) is 3.31. The maximum Gasteiger partial charge on any atom is 0.407 e. The molecule has 5 heteroatoms. The quantitative estimate of drug-likeness (QED) is 0.741. The third-order valence-corrected chi connectivity index (χ3v) is 5.35. The summed E-state index contributed by atoms with van der Waals surface area (Å²) in [5.41, 5.74) is -0.00765. The van der Waals surface area contributed by atoms with Crippen LogP contribution in [0.1, 0.15) is 64.9 Å². The molecule has 1 aromatic carbocycles. The van der Waals surface area contributed by atoms with E-state index < -0.39 is 17.1 Å². The van der Waals surface area contributed by atoms with Crippen LogP contribution in [0.3, 0.4) is 0 Å². The Hall–Kier alpha value is -2.04. The Labute approximate surface area is 161 Å². The number of amides is 1. The molecule has 1 aromatic rings. The Morgan fingerprint density at radius 1 is 1.15 bits per heavy atom. The van der Waals surface area contributed by atoms with Crippen molar-refractivity contribution in [2.24, 2.45) is 11.3 Å². The minimum absolute atomic E-state index is 0.0390. The van der Waals surface area contributed by atoms with E-state index in [1.807, 2.05) is 51.1 Å². The Kier molecular flexibility index (Phi) is 5.78. The van der Waals surface area contributed by atoms with E-state index in [9.17, 15) is 9.59 Å². The molecule has 2 aliphatic rings. The zero-order chi connectivity index (χ0) is 19.5. The van der Waals surface area contributed by atoms with E-state index in [4.69, 9.17) is 9.47 Å². The van der Waals surface area contributed by atoms with Gasteiger partial charge >= 0.3 is 12.1 Å². The van der Waals surface area contributed by atoms with E-state index in [-0.39, 0.29) is 12.0 Å². The first-order valence-electron chi connectivity index (χ1n) is 9.96. The summed E-state index contributed by atoms with van der Waals surface area (Å²) in [7, 11) is 0. The van der Waals surface area contributed by atoms with Crippen molar-refractivity contribution in [1.82, 2.24) is 5.32 Å². The number of hydrogen-bond acceptors (Lipinski definition) is 4. The summed E-state index contributed by atoms with van der Waals surface area (Å²) in [6, 6.07) is 9.72. The molecular formula is C22H31NO4. The molecule has 0 spiro atoms. The third-order valence-electron chi connectivity index (χ3n) is 5.35. The predicted octanol–water partition coefficient (Wildman–Crippen LogP) is 4.59. The number of rotatable bonds is 6. The van der Waals surface area contributed by atoms with Gasteiger partial charge in [0.15, 0.2) is 0 Å². The number of ether oxygens (including phenoxy) is 2. The molecule has 2 atom stereocenters. The van der Waals surface area contributed by atoms with Crippen LogP contribution in [0.15, 0.2) is 30.3 Å². The molecule has 0 aromatic heterocycles. The molecule has 0 radical (unpaired) electrons. The fraction of sp³-hybridized carbons (Fsp3) is 0.636. The molecule has 3 rings (SSSR count). The molecule has 2 fully saturated rings. The summed E-state index contributed by atoms with van der Waals surface area (Å²) >= 11 is 0. The van der Waals surface area contributed by atoms with Gasteiger partial charge in [0.2, 0.25) is 0 Å². The van der Waals surface area contributed by atoms with Crippen LogP contribution in [0.2, 0.25) is 0 Å². The number of hydrogen-bond donors (Lipinski definition) is 1. The lowest BCUT2D eigenvalue weighted by Gasteiger charge is -2.27. The van der Waals surface area contributed by atoms with E-state index in [1.165, 1.54) is 12.8 Å². The van der Waals surface area contributed by atoms with Crippen LogP contribution in [0, 0.1) is 11.3 Å². The smallest absolute Gasteiger partial charge is 0.407 e. The van der Waals surface area contributed by atoms with Crippen molar-refractivity contribution in [2.75, 3.05) is 0 Å². The minimum Gasteiger partial charge on any atom is -0.460 e. The van der Waals surface area contributed by atoms with Crippen molar-refractivity contribution in [1.29, 1.82) is 0 Å². The molecule has 148 valence electrons. The van der Waals surface area contributed by atoms with Crippen LogP contribution in [0.25, 0.3) is 0 Å². The molecule has 5 nitrogen and oxygen atoms in total. The lowest BCUT2D eigenvalue weighted by Crippen LogP contribution is -2.39. The summed E-state index contributed by atoms with van der Waals surface area (Å²) < 4.78 is 11.1. The Morgan fingerprint density at radius 2 is 1.85 bits per heavy atom. The molecule has 0 bridgehead atoms. The molecule has 1 amide bonds. The highest BCUT2D eigenvalue weighted by molar-refractivity contribution is 5.78. The first kappa shape index (κ1) is 19.7. The number of nitrogens with one attached hydrogen (secondary N) is 1. The van der Waals surface area contributed by atoms with Crippen LogP contribution in [0.5, 0.6) is 0 Å². The second-order valence-electron chi connectivity index (χ2n) is 9.08. The highest BCUT2D eigenvalue weighted by Gasteiger charge is 2.49. The highest BCUT2D eigenvalue weighted by atomic mass is 16.6. The summed E-state index contributed by atoms with van der Waals surface area (Å²) in [4.78, 5) is 25.1. The average molecular weight is 373 g/mol. The predicted molar refractivity (Wildman–Crippen MR) is 103 cm³/mol. The number of esters is 1. The molecule has 0 heterocycles. The first-order chi connectivity index (χ1) is 12.8. The van der Waals surface area contributed by atoms with Crippen LogP contribution in [-0.2, 0) is 20.9 Å². The van der Waals surface area contributed by atoms with Gasteiger partial charge in [-0.25, -0.2) is 4.79 Å². The van der Waals surface area contributed by atoms with Gasteiger partial charge in [-0.1, -0.05) is 43.2 Å². The molecule has 2 aliphatic carbocycles. The SMILES string of the molecule is CC(C)(C)OC(=O)N[C@@H]1CC[C@](CC2CC2)(C(=O)OCc2ccccc2)C1. The van der Waals surface area contributed by atoms with Crippen molar-refractivity contribution in [2.45, 2.75) is 77.5 Å². The number of carbonyl (C=O) groups is 2. The zero-order valence-corrected chi connectivity index (χ0v) is 16.6. The fourth-order valence-electron chi connectivity index (χ4n) is 3.93. The Balaban J connectivity index is 1.59. The number of carbonyl (C=O) groups excluding carboxylic acids is 2. The van der Waals surface area contributed by atoms with Gasteiger partial charge in [-0.15, -0.1) is 0 Å². The first-order valence-corrected chi connectivity index (χ1v) is 9.96. The number of alkyl carbamates (subject to hydrolysis) is 1. The monoisotopic (exact) mass is 373 g/mol. The largest absolute Gasteiger partial charge is 0.460 e. The molecule has 0 saturated heterocycles. The van der Waals surface area contributed by atoms with E-state index in [1.54, 1.807) is 0 Å². The second kappa shape index (κ2) is 7.91. The van der Waals surface area contributed by atoms with E-state index >= 15 is 0 Å². The van der Waals surface area contributed by atoms with Gasteiger partial charge in [0.1, 0.15) is 12.2 Å². The minimum atomic E-state index is -0.525. The van der Waals surface area contributed by atoms with Gasteiger partial charge in [0.05, 0.1) is 5.41 Å². The lowest BCUT2D eigenvalue weighted by molar-refractivity contribution is -0.158. The molecule has 27 heavy (non-hydrogen) atoms. The topological polar surface area (TPSA) is 64.6 Å². The van der Waals surface area contributed by atoms with Crippen LogP contribution in [0.4, 0.5) is 4.79 Å². The Bertz CT molecular complexity index is 663. The van der Waals surface area contributed by atoms with Crippen LogP contribution < -0.4 is 5.32 Å². The maximum atomic E-state index is 13.0. The van der Waals surface area contributed by atoms with Gasteiger partial charge in [-0.3, -0.25) is 4.79 Å². The summed E-state index contributed by atoms with van der Waals surface area (Å²) in [6.07, 6.45) is 5.02. The standard InChI is InChI=1S/C22H31NO4/c1-21(2,3)27-20(25)23-18-11-12-22(14-18,13-16-9-10-16)19(24)26-15-17-7-5-4-6-8-17/h4-8,16,18H,9-15H2,1-3H3,(H,23,25)/t18-,22-/m1/s1. The Morgan fingerprint density at radius 3 is 2.48 bits per heavy atom. The fourth-order valence-corrected chi connectivity index (χ4v) is 3.93. The van der Waals surface area contributed by atoms with Crippen LogP contribution in [-0.4, -0.2) is 23.7 Å². The highest BCUT2D eigenvalue weighted by Crippen LogP contribution is 2.50. The van der Waals surface area contributed by atoms with Gasteiger partial charge in [-0.05, 0) is 57.9 Å². The molecule has 0 aliphatic heterocycles. The zero-order valence-electron chi connectivity index (χ0n) is 16.6. The van der Waals surface area contributed by atoms with Crippen molar-refractivity contribution < 1.29 is 19.1 Å². The second-order valence-corrected chi connectivity index (χ2v) is 9.08. The molecule has 2 saturated carbocycles. The van der Waals surface area contributed by atoms with Crippen molar-refractivity contribution in [3.8, 4) is 0 Å². The van der Waals surface area contributed by atoms with E-state index in [0.29, 0.717) is 18.9 Å². The summed E-state index contributed by atoms with van der Waals surface area (Å²) in [6.45, 7) is 5.84. The molecule has 1 N–H and O–H groups in total.